The molecular weight excluding hydrogens is 267 g/mol. The van der Waals surface area contributed by atoms with Crippen LogP contribution >= 0.6 is 0 Å². The first-order valence-electron chi connectivity index (χ1n) is 4.12. The summed E-state index contributed by atoms with van der Waals surface area (Å²) in [6, 6.07) is 0. The van der Waals surface area contributed by atoms with Crippen molar-refractivity contribution in [1.82, 2.24) is 4.90 Å². The molecule has 0 aromatic rings. The molecule has 77 valence electrons. The van der Waals surface area contributed by atoms with Crippen molar-refractivity contribution in [2.75, 3.05) is 26.2 Å². The fourth-order valence-corrected chi connectivity index (χ4v) is 1.15. The van der Waals surface area contributed by atoms with Crippen LogP contribution in [0.1, 0.15) is 6.42 Å². The molecule has 0 aromatic carbocycles. The van der Waals surface area contributed by atoms with Gasteiger partial charge in [0.2, 0.25) is 5.91 Å². The number of nitrogens with zero attached hydrogens (tertiary/aromatic N) is 2. The van der Waals surface area contributed by atoms with Crippen molar-refractivity contribution in [2.45, 2.75) is 6.42 Å². The van der Waals surface area contributed by atoms with Gasteiger partial charge >= 0.3 is 0 Å². The van der Waals surface area contributed by atoms with Crippen LogP contribution in [0.15, 0.2) is 12.2 Å². The standard InChI is InChI=1S/C8H11F2N2O.Y/c9-7(10)1-2-8(13)12-5-3-11-4-6-12;/h1H,2-6H2;/q-1;. The van der Waals surface area contributed by atoms with Crippen molar-refractivity contribution in [3.8, 4) is 0 Å². The van der Waals surface area contributed by atoms with Crippen LogP contribution in [0.25, 0.3) is 5.32 Å². The number of rotatable bonds is 2. The fraction of sp³-hybridized carbons (Fsp3) is 0.625. The summed E-state index contributed by atoms with van der Waals surface area (Å²) < 4.78 is 23.3. The van der Waals surface area contributed by atoms with E-state index >= 15 is 0 Å². The molecular formula is C8H11F2N2OY-. The largest absolute Gasteiger partial charge is 0.659 e. The van der Waals surface area contributed by atoms with Gasteiger partial charge in [-0.1, -0.05) is 0 Å². The zero-order chi connectivity index (χ0) is 9.68. The molecule has 1 amide bonds. The molecule has 1 aliphatic heterocycles. The predicted molar refractivity (Wildman–Crippen MR) is 44.6 cm³/mol. The van der Waals surface area contributed by atoms with Gasteiger partial charge in [-0.2, -0.15) is 8.78 Å². The van der Waals surface area contributed by atoms with Crippen LogP contribution in [0, 0.1) is 0 Å². The molecule has 1 fully saturated rings. The Morgan fingerprint density at radius 1 is 1.36 bits per heavy atom. The number of hydrogen-bond donors (Lipinski definition) is 0. The average molecular weight is 278 g/mol. The van der Waals surface area contributed by atoms with Crippen molar-refractivity contribution >= 4 is 5.91 Å². The Morgan fingerprint density at radius 3 is 2.43 bits per heavy atom. The zero-order valence-electron chi connectivity index (χ0n) is 7.75. The first kappa shape index (κ1) is 14.1. The maximum atomic E-state index is 11.6. The number of hydrogen-bond acceptors (Lipinski definition) is 1. The molecule has 0 bridgehead atoms. The van der Waals surface area contributed by atoms with E-state index in [0.29, 0.717) is 32.3 Å². The monoisotopic (exact) mass is 278 g/mol. The Bertz CT molecular complexity index is 213. The maximum absolute atomic E-state index is 11.6. The first-order chi connectivity index (χ1) is 6.20. The van der Waals surface area contributed by atoms with Crippen LogP contribution in [0.4, 0.5) is 8.78 Å². The molecule has 3 nitrogen and oxygen atoms in total. The molecule has 0 aromatic heterocycles. The first-order valence-corrected chi connectivity index (χ1v) is 4.12. The topological polar surface area (TPSA) is 34.4 Å². The summed E-state index contributed by atoms with van der Waals surface area (Å²) in [5, 5.41) is 4.05. The van der Waals surface area contributed by atoms with Crippen LogP contribution in [0.5, 0.6) is 0 Å². The fourth-order valence-electron chi connectivity index (χ4n) is 1.15. The van der Waals surface area contributed by atoms with E-state index in [1.54, 1.807) is 4.90 Å². The molecule has 0 spiro atoms. The summed E-state index contributed by atoms with van der Waals surface area (Å²) >= 11 is 0. The van der Waals surface area contributed by atoms with Crippen molar-refractivity contribution < 1.29 is 46.3 Å². The van der Waals surface area contributed by atoms with E-state index < -0.39 is 6.08 Å². The molecule has 0 aliphatic carbocycles. The van der Waals surface area contributed by atoms with Crippen LogP contribution in [0.3, 0.4) is 0 Å². The minimum Gasteiger partial charge on any atom is -0.659 e. The molecule has 0 unspecified atom stereocenters. The van der Waals surface area contributed by atoms with Crippen LogP contribution in [0.2, 0.25) is 0 Å². The molecule has 1 aliphatic rings. The van der Waals surface area contributed by atoms with Gasteiger partial charge in [-0.25, -0.2) is 0 Å². The van der Waals surface area contributed by atoms with E-state index in [1.165, 1.54) is 0 Å². The molecule has 1 saturated heterocycles. The van der Waals surface area contributed by atoms with Crippen molar-refractivity contribution in [2.24, 2.45) is 0 Å². The van der Waals surface area contributed by atoms with E-state index in [9.17, 15) is 13.6 Å². The minimum absolute atomic E-state index is 0. The quantitative estimate of drug-likeness (QED) is 0.751. The van der Waals surface area contributed by atoms with Gasteiger partial charge in [0.25, 0.3) is 6.08 Å². The second kappa shape index (κ2) is 7.43. The molecule has 1 heterocycles. The van der Waals surface area contributed by atoms with Crippen LogP contribution in [-0.2, 0) is 37.5 Å². The normalized spacial score (nSPS) is 15.7. The minimum atomic E-state index is -1.80. The van der Waals surface area contributed by atoms with Crippen LogP contribution < -0.4 is 0 Å². The zero-order valence-corrected chi connectivity index (χ0v) is 10.6. The Labute approximate surface area is 107 Å². The van der Waals surface area contributed by atoms with Crippen molar-refractivity contribution in [3.05, 3.63) is 17.5 Å². The second-order valence-electron chi connectivity index (χ2n) is 2.75. The van der Waals surface area contributed by atoms with E-state index in [4.69, 9.17) is 0 Å². The third-order valence-corrected chi connectivity index (χ3v) is 1.84. The van der Waals surface area contributed by atoms with Gasteiger partial charge in [-0.3, -0.25) is 4.79 Å². The van der Waals surface area contributed by atoms with Gasteiger partial charge < -0.3 is 10.2 Å². The number of halogens is 2. The Morgan fingerprint density at radius 2 is 1.93 bits per heavy atom. The Balaban J connectivity index is 0.00000169. The molecule has 1 rings (SSSR count). The van der Waals surface area contributed by atoms with Gasteiger partial charge in [0.15, 0.2) is 0 Å². The van der Waals surface area contributed by atoms with E-state index in [2.05, 4.69) is 5.32 Å². The second-order valence-corrected chi connectivity index (χ2v) is 2.75. The van der Waals surface area contributed by atoms with Crippen molar-refractivity contribution in [3.63, 3.8) is 0 Å². The van der Waals surface area contributed by atoms with Crippen LogP contribution in [-0.4, -0.2) is 37.0 Å². The molecule has 0 saturated carbocycles. The summed E-state index contributed by atoms with van der Waals surface area (Å²) in [6.07, 6.45) is -1.36. The SMILES string of the molecule is O=C(CC=C(F)F)N1CC[N-]CC1.[Y]. The molecule has 1 radical (unpaired) electrons. The van der Waals surface area contributed by atoms with Gasteiger partial charge in [0.05, 0.1) is 6.42 Å². The summed E-state index contributed by atoms with van der Waals surface area (Å²) in [5.41, 5.74) is 0. The molecule has 6 heteroatoms. The van der Waals surface area contributed by atoms with Gasteiger partial charge in [0.1, 0.15) is 0 Å². The number of amides is 1. The number of piperazine rings is 1. The summed E-state index contributed by atoms with van der Waals surface area (Å²) in [5.74, 6) is -0.247. The van der Waals surface area contributed by atoms with E-state index in [1.807, 2.05) is 0 Å². The Hall–Kier alpha value is 0.134. The summed E-state index contributed by atoms with van der Waals surface area (Å²) in [4.78, 5) is 12.8. The Kier molecular flexibility index (Phi) is 7.50. The molecule has 0 atom stereocenters. The smallest absolute Gasteiger partial charge is 0.266 e. The van der Waals surface area contributed by atoms with E-state index in [0.717, 1.165) is 0 Å². The maximum Gasteiger partial charge on any atom is 0.266 e. The average Bonchev–Trinajstić information content (AvgIpc) is 2.15. The number of carbonyl (C=O) groups is 1. The van der Waals surface area contributed by atoms with Crippen molar-refractivity contribution in [1.29, 1.82) is 0 Å². The predicted octanol–water partition coefficient (Wildman–Crippen LogP) is 1.37. The molecule has 14 heavy (non-hydrogen) atoms. The third-order valence-electron chi connectivity index (χ3n) is 1.84. The number of carbonyl (C=O) groups excluding carboxylic acids is 1. The summed E-state index contributed by atoms with van der Waals surface area (Å²) in [6.45, 7) is 2.35. The molecule has 0 N–H and O–H groups in total. The van der Waals surface area contributed by atoms with E-state index in [-0.39, 0.29) is 45.0 Å². The summed E-state index contributed by atoms with van der Waals surface area (Å²) in [7, 11) is 0. The third kappa shape index (κ3) is 5.12. The van der Waals surface area contributed by atoms with Gasteiger partial charge in [-0.15, -0.1) is 13.1 Å². The van der Waals surface area contributed by atoms with Gasteiger partial charge in [0, 0.05) is 45.8 Å². The van der Waals surface area contributed by atoms with Gasteiger partial charge in [-0.05, 0) is 6.08 Å².